The summed E-state index contributed by atoms with van der Waals surface area (Å²) in [6, 6.07) is 12.4. The van der Waals surface area contributed by atoms with E-state index in [-0.39, 0.29) is 21.6 Å². The van der Waals surface area contributed by atoms with Crippen LogP contribution < -0.4 is 9.47 Å². The molecule has 1 aliphatic carbocycles. The second kappa shape index (κ2) is 7.60. The quantitative estimate of drug-likeness (QED) is 0.284. The van der Waals surface area contributed by atoms with Crippen LogP contribution in [0.2, 0.25) is 0 Å². The van der Waals surface area contributed by atoms with Crippen molar-refractivity contribution in [1.82, 2.24) is 4.98 Å². The third-order valence-electron chi connectivity index (χ3n) is 5.54. The first-order valence-corrected chi connectivity index (χ1v) is 12.3. The summed E-state index contributed by atoms with van der Waals surface area (Å²) >= 11 is 3.22. The van der Waals surface area contributed by atoms with Gasteiger partial charge < -0.3 is 9.94 Å². The number of pyridine rings is 1. The van der Waals surface area contributed by atoms with E-state index < -0.39 is 15.7 Å². The predicted octanol–water partition coefficient (Wildman–Crippen LogP) is 5.41. The number of rotatable bonds is 5. The van der Waals surface area contributed by atoms with Gasteiger partial charge in [0, 0.05) is 15.6 Å². The Morgan fingerprint density at radius 3 is 2.56 bits per heavy atom. The van der Waals surface area contributed by atoms with Gasteiger partial charge in [0.25, 0.3) is 5.65 Å². The van der Waals surface area contributed by atoms with Crippen LogP contribution in [0.4, 0.5) is 4.39 Å². The van der Waals surface area contributed by atoms with Crippen LogP contribution in [-0.4, -0.2) is 18.7 Å². The van der Waals surface area contributed by atoms with E-state index in [2.05, 4.69) is 20.9 Å². The number of H-pyrrole nitrogens is 1. The number of nitrogens with zero attached hydrogens (tertiary/aromatic N) is 1. The Morgan fingerprint density at radius 1 is 1.09 bits per heavy atom. The zero-order valence-electron chi connectivity index (χ0n) is 16.9. The topological polar surface area (TPSA) is 86.1 Å². The van der Waals surface area contributed by atoms with Crippen molar-refractivity contribution < 1.29 is 22.3 Å². The first-order valence-electron chi connectivity index (χ1n) is 9.97. The molecule has 2 heterocycles. The van der Waals surface area contributed by atoms with Crippen LogP contribution >= 0.6 is 15.9 Å². The highest BCUT2D eigenvalue weighted by Crippen LogP contribution is 2.41. The zero-order chi connectivity index (χ0) is 22.6. The van der Waals surface area contributed by atoms with Gasteiger partial charge in [-0.15, -0.1) is 0 Å². The van der Waals surface area contributed by atoms with Crippen molar-refractivity contribution in [1.29, 1.82) is 0 Å². The molecule has 0 atom stereocenters. The fourth-order valence-electron chi connectivity index (χ4n) is 3.72. The number of nitrogens with one attached hydrogen (secondary N) is 1. The Morgan fingerprint density at radius 2 is 1.84 bits per heavy atom. The van der Waals surface area contributed by atoms with E-state index in [4.69, 9.17) is 4.74 Å². The highest BCUT2D eigenvalue weighted by Gasteiger charge is 2.37. The van der Waals surface area contributed by atoms with Gasteiger partial charge in [-0.2, -0.15) is 0 Å². The maximum Gasteiger partial charge on any atom is 0.290 e. The van der Waals surface area contributed by atoms with Crippen molar-refractivity contribution in [3.8, 4) is 22.6 Å². The Balaban J connectivity index is 1.73. The van der Waals surface area contributed by atoms with Crippen LogP contribution in [0, 0.1) is 17.9 Å². The first-order chi connectivity index (χ1) is 15.3. The smallest absolute Gasteiger partial charge is 0.290 e. The number of aromatic nitrogens is 2. The molecule has 0 spiro atoms. The molecule has 2 aromatic carbocycles. The highest BCUT2D eigenvalue weighted by molar-refractivity contribution is 9.10. The molecule has 1 saturated carbocycles. The summed E-state index contributed by atoms with van der Waals surface area (Å²) in [6.45, 7) is 1.66. The predicted molar refractivity (Wildman–Crippen MR) is 122 cm³/mol. The van der Waals surface area contributed by atoms with E-state index >= 15 is 0 Å². The molecule has 5 rings (SSSR count). The second-order valence-corrected chi connectivity index (χ2v) is 11.0. The summed E-state index contributed by atoms with van der Waals surface area (Å²) in [5.74, 6) is -0.274. The number of aryl methyl sites for hydroxylation is 1. The minimum atomic E-state index is -3.47. The molecule has 4 aromatic rings. The molecule has 164 valence electrons. The summed E-state index contributed by atoms with van der Waals surface area (Å²) in [7, 11) is -3.47. The molecule has 1 N–H and O–H groups in total. The third-order valence-corrected chi connectivity index (χ3v) is 8.29. The van der Waals surface area contributed by atoms with Crippen LogP contribution in [0.25, 0.3) is 22.2 Å². The van der Waals surface area contributed by atoms with Crippen LogP contribution in [0.1, 0.15) is 18.5 Å². The van der Waals surface area contributed by atoms with E-state index in [0.717, 1.165) is 4.73 Å². The minimum Gasteiger partial charge on any atom is -0.710 e. The molecule has 0 amide bonds. The van der Waals surface area contributed by atoms with Crippen molar-refractivity contribution in [3.63, 3.8) is 0 Å². The summed E-state index contributed by atoms with van der Waals surface area (Å²) < 4.78 is 47.5. The van der Waals surface area contributed by atoms with Gasteiger partial charge in [0.05, 0.1) is 21.7 Å². The number of ether oxygens (including phenoxy) is 1. The van der Waals surface area contributed by atoms with Gasteiger partial charge >= 0.3 is 0 Å². The van der Waals surface area contributed by atoms with E-state index in [1.54, 1.807) is 37.4 Å². The fourth-order valence-corrected chi connectivity index (χ4v) is 5.74. The molecule has 0 unspecified atom stereocenters. The Hall–Kier alpha value is -2.91. The number of aromatic amines is 1. The molecule has 6 nitrogen and oxygen atoms in total. The minimum absolute atomic E-state index is 0.00380. The summed E-state index contributed by atoms with van der Waals surface area (Å²) in [5.41, 5.74) is 1.84. The maximum atomic E-state index is 14.5. The molecule has 9 heteroatoms. The van der Waals surface area contributed by atoms with Crippen molar-refractivity contribution in [3.05, 3.63) is 75.9 Å². The summed E-state index contributed by atoms with van der Waals surface area (Å²) in [6.07, 6.45) is 2.92. The monoisotopic (exact) mass is 516 g/mol. The van der Waals surface area contributed by atoms with Gasteiger partial charge in [0.2, 0.25) is 0 Å². The second-order valence-electron chi connectivity index (χ2n) is 7.81. The van der Waals surface area contributed by atoms with Crippen LogP contribution in [0.3, 0.4) is 0 Å². The number of hydrogen-bond donors (Lipinski definition) is 1. The largest absolute Gasteiger partial charge is 0.710 e. The lowest BCUT2D eigenvalue weighted by Crippen LogP contribution is -2.31. The highest BCUT2D eigenvalue weighted by atomic mass is 79.9. The van der Waals surface area contributed by atoms with Gasteiger partial charge in [0.1, 0.15) is 11.4 Å². The lowest BCUT2D eigenvalue weighted by atomic mass is 10.0. The SMILES string of the molecule is Cc1cc(-c2cc(S(=O)(=O)C3CC3)ccc2Oc2ccc(Br)cc2F)c2cc[nH]c2[n+]1[O-]. The first kappa shape index (κ1) is 21.0. The van der Waals surface area contributed by atoms with Gasteiger partial charge in [-0.25, -0.2) is 22.5 Å². The molecule has 0 radical (unpaired) electrons. The Kier molecular flexibility index (Phi) is 4.98. The van der Waals surface area contributed by atoms with Gasteiger partial charge in [0.15, 0.2) is 21.4 Å². The van der Waals surface area contributed by atoms with Crippen LogP contribution in [-0.2, 0) is 9.84 Å². The zero-order valence-corrected chi connectivity index (χ0v) is 19.3. The van der Waals surface area contributed by atoms with Gasteiger partial charge in [-0.1, -0.05) is 15.9 Å². The molecule has 1 aliphatic rings. The van der Waals surface area contributed by atoms with Gasteiger partial charge in [-0.3, -0.25) is 0 Å². The lowest BCUT2D eigenvalue weighted by molar-refractivity contribution is -0.586. The average molecular weight is 517 g/mol. The van der Waals surface area contributed by atoms with E-state index in [1.165, 1.54) is 24.3 Å². The molecule has 0 aliphatic heterocycles. The number of fused-ring (bicyclic) bond motifs is 1. The molecular weight excluding hydrogens is 499 g/mol. The standard InChI is InChI=1S/C23H18BrFN2O4S/c1-13-10-18(17-8-9-26-23(17)27(13)28)19-12-16(32(29,30)15-3-4-15)5-7-21(19)31-22-6-2-14(24)11-20(22)25/h2,5-12,15,26H,3-4H2,1H3. The summed E-state index contributed by atoms with van der Waals surface area (Å²) in [5, 5.41) is 12.7. The Labute approximate surface area is 192 Å². The average Bonchev–Trinajstić information content (AvgIpc) is 3.51. The maximum absolute atomic E-state index is 14.5. The number of benzene rings is 2. The van der Waals surface area contributed by atoms with Crippen molar-refractivity contribution >= 4 is 36.8 Å². The van der Waals surface area contributed by atoms with Crippen molar-refractivity contribution in [2.75, 3.05) is 0 Å². The summed E-state index contributed by atoms with van der Waals surface area (Å²) in [4.78, 5) is 3.10. The van der Waals surface area contributed by atoms with E-state index in [9.17, 15) is 18.0 Å². The molecular formula is C23H18BrFN2O4S. The molecule has 2 aromatic heterocycles. The van der Waals surface area contributed by atoms with Gasteiger partial charge in [-0.05, 0) is 68.3 Å². The third kappa shape index (κ3) is 3.55. The van der Waals surface area contributed by atoms with E-state index in [0.29, 0.717) is 45.2 Å². The number of sulfone groups is 1. The van der Waals surface area contributed by atoms with Crippen LogP contribution in [0.5, 0.6) is 11.5 Å². The van der Waals surface area contributed by atoms with E-state index in [1.807, 2.05) is 0 Å². The normalized spacial score (nSPS) is 14.1. The molecule has 32 heavy (non-hydrogen) atoms. The fraction of sp³-hybridized carbons (Fsp3) is 0.174. The number of halogens is 2. The van der Waals surface area contributed by atoms with Crippen molar-refractivity contribution in [2.24, 2.45) is 0 Å². The number of hydrogen-bond acceptors (Lipinski definition) is 4. The molecule has 0 saturated heterocycles. The molecule has 1 fully saturated rings. The van der Waals surface area contributed by atoms with Crippen LogP contribution in [0.15, 0.2) is 64.1 Å². The Bertz CT molecular complexity index is 1480. The molecule has 0 bridgehead atoms. The lowest BCUT2D eigenvalue weighted by Gasteiger charge is -2.16. The van der Waals surface area contributed by atoms with Crippen molar-refractivity contribution in [2.45, 2.75) is 29.9 Å².